The van der Waals surface area contributed by atoms with Crippen molar-refractivity contribution in [2.75, 3.05) is 5.73 Å². The first kappa shape index (κ1) is 12.9. The minimum atomic E-state index is -0.865. The lowest BCUT2D eigenvalue weighted by atomic mass is 10.2. The highest BCUT2D eigenvalue weighted by atomic mass is 32.2. The molecule has 0 fully saturated rings. The van der Waals surface area contributed by atoms with Gasteiger partial charge in [0.2, 0.25) is 0 Å². The van der Waals surface area contributed by atoms with Gasteiger partial charge in [0.05, 0.1) is 11.2 Å². The van der Waals surface area contributed by atoms with Gasteiger partial charge in [0.25, 0.3) is 0 Å². The molecule has 20 heavy (non-hydrogen) atoms. The largest absolute Gasteiger partial charge is 0.397 e. The molecule has 100 valence electrons. The Bertz CT molecular complexity index is 790. The molecule has 0 spiro atoms. The van der Waals surface area contributed by atoms with Crippen LogP contribution in [0.5, 0.6) is 0 Å². The smallest absolute Gasteiger partial charge is 0.159 e. The van der Waals surface area contributed by atoms with Crippen LogP contribution in [0.4, 0.5) is 14.5 Å². The van der Waals surface area contributed by atoms with E-state index < -0.39 is 11.6 Å². The average molecular weight is 288 g/mol. The first-order valence-electron chi connectivity index (χ1n) is 5.91. The number of benzene rings is 2. The van der Waals surface area contributed by atoms with Gasteiger partial charge in [0, 0.05) is 21.4 Å². The van der Waals surface area contributed by atoms with Crippen LogP contribution in [0, 0.1) is 11.6 Å². The monoisotopic (exact) mass is 288 g/mol. The number of hydrogen-bond donors (Lipinski definition) is 1. The van der Waals surface area contributed by atoms with Gasteiger partial charge in [-0.05, 0) is 42.5 Å². The van der Waals surface area contributed by atoms with E-state index in [2.05, 4.69) is 4.98 Å². The topological polar surface area (TPSA) is 38.9 Å². The number of rotatable bonds is 2. The van der Waals surface area contributed by atoms with E-state index in [-0.39, 0.29) is 0 Å². The van der Waals surface area contributed by atoms with Crippen LogP contribution in [0.3, 0.4) is 0 Å². The summed E-state index contributed by atoms with van der Waals surface area (Å²) in [6.07, 6.45) is 1.70. The number of aromatic nitrogens is 1. The van der Waals surface area contributed by atoms with Crippen molar-refractivity contribution >= 4 is 28.4 Å². The highest BCUT2D eigenvalue weighted by Gasteiger charge is 2.08. The van der Waals surface area contributed by atoms with Crippen molar-refractivity contribution in [2.24, 2.45) is 0 Å². The van der Waals surface area contributed by atoms with Crippen molar-refractivity contribution in [1.82, 2.24) is 4.98 Å². The van der Waals surface area contributed by atoms with Crippen molar-refractivity contribution in [2.45, 2.75) is 9.79 Å². The number of anilines is 1. The van der Waals surface area contributed by atoms with Crippen molar-refractivity contribution in [3.8, 4) is 0 Å². The average Bonchev–Trinajstić information content (AvgIpc) is 2.46. The first-order chi connectivity index (χ1) is 9.65. The van der Waals surface area contributed by atoms with Crippen LogP contribution < -0.4 is 5.73 Å². The molecule has 5 heteroatoms. The summed E-state index contributed by atoms with van der Waals surface area (Å²) >= 11 is 1.29. The number of nitrogens with zero attached hydrogens (tertiary/aromatic N) is 1. The number of nitrogens with two attached hydrogens (primary N) is 1. The maximum atomic E-state index is 13.2. The summed E-state index contributed by atoms with van der Waals surface area (Å²) in [5.41, 5.74) is 7.50. The molecule has 0 saturated heterocycles. The van der Waals surface area contributed by atoms with E-state index >= 15 is 0 Å². The Morgan fingerprint density at radius 3 is 2.65 bits per heavy atom. The van der Waals surface area contributed by atoms with E-state index in [1.807, 2.05) is 24.3 Å². The van der Waals surface area contributed by atoms with E-state index in [9.17, 15) is 8.78 Å². The minimum Gasteiger partial charge on any atom is -0.397 e. The van der Waals surface area contributed by atoms with Gasteiger partial charge in [-0.15, -0.1) is 0 Å². The number of fused-ring (bicyclic) bond motifs is 1. The van der Waals surface area contributed by atoms with E-state index in [4.69, 9.17) is 5.73 Å². The standard InChI is InChI=1S/C15H10F2N2S/c16-11-4-3-9(8-12(11)17)20-14-6-5-13-10(15(14)18)2-1-7-19-13/h1-8H,18H2. The zero-order valence-corrected chi connectivity index (χ0v) is 11.1. The number of halogens is 2. The third-order valence-corrected chi connectivity index (χ3v) is 3.97. The van der Waals surface area contributed by atoms with E-state index in [0.717, 1.165) is 27.9 Å². The Labute approximate surface area is 118 Å². The van der Waals surface area contributed by atoms with E-state index in [1.54, 1.807) is 6.20 Å². The quantitative estimate of drug-likeness (QED) is 0.717. The summed E-state index contributed by atoms with van der Waals surface area (Å²) in [4.78, 5) is 5.60. The fourth-order valence-electron chi connectivity index (χ4n) is 1.91. The highest BCUT2D eigenvalue weighted by Crippen LogP contribution is 2.36. The molecular weight excluding hydrogens is 278 g/mol. The second kappa shape index (κ2) is 5.09. The molecule has 0 aliphatic carbocycles. The molecule has 0 atom stereocenters. The van der Waals surface area contributed by atoms with Gasteiger partial charge >= 0.3 is 0 Å². The lowest BCUT2D eigenvalue weighted by molar-refractivity contribution is 0.506. The van der Waals surface area contributed by atoms with Crippen LogP contribution in [0.1, 0.15) is 0 Å². The zero-order chi connectivity index (χ0) is 14.1. The molecule has 2 nitrogen and oxygen atoms in total. The van der Waals surface area contributed by atoms with E-state index in [1.165, 1.54) is 17.8 Å². The van der Waals surface area contributed by atoms with Crippen molar-refractivity contribution in [3.63, 3.8) is 0 Å². The van der Waals surface area contributed by atoms with Gasteiger partial charge < -0.3 is 5.73 Å². The molecule has 0 bridgehead atoms. The minimum absolute atomic E-state index is 0.588. The summed E-state index contributed by atoms with van der Waals surface area (Å²) in [6, 6.07) is 11.2. The van der Waals surface area contributed by atoms with Crippen molar-refractivity contribution in [1.29, 1.82) is 0 Å². The zero-order valence-electron chi connectivity index (χ0n) is 10.3. The van der Waals surface area contributed by atoms with Crippen LogP contribution >= 0.6 is 11.8 Å². The molecule has 0 unspecified atom stereocenters. The van der Waals surface area contributed by atoms with Gasteiger partial charge in [-0.2, -0.15) is 0 Å². The lowest BCUT2D eigenvalue weighted by Gasteiger charge is -2.08. The second-order valence-corrected chi connectivity index (χ2v) is 5.34. The molecular formula is C15H10F2N2S. The van der Waals surface area contributed by atoms with Crippen molar-refractivity contribution in [3.05, 3.63) is 60.3 Å². The summed E-state index contributed by atoms with van der Waals surface area (Å²) < 4.78 is 26.1. The van der Waals surface area contributed by atoms with Crippen LogP contribution in [-0.4, -0.2) is 4.98 Å². The number of hydrogen-bond acceptors (Lipinski definition) is 3. The highest BCUT2D eigenvalue weighted by molar-refractivity contribution is 7.99. The predicted octanol–water partition coefficient (Wildman–Crippen LogP) is 4.25. The molecule has 0 aliphatic heterocycles. The summed E-state index contributed by atoms with van der Waals surface area (Å²) in [5.74, 6) is -1.72. The first-order valence-corrected chi connectivity index (χ1v) is 6.73. The van der Waals surface area contributed by atoms with Crippen molar-refractivity contribution < 1.29 is 8.78 Å². The van der Waals surface area contributed by atoms with Gasteiger partial charge in [0.15, 0.2) is 11.6 Å². The van der Waals surface area contributed by atoms with Gasteiger partial charge in [-0.25, -0.2) is 8.78 Å². The van der Waals surface area contributed by atoms with Crippen LogP contribution in [-0.2, 0) is 0 Å². The van der Waals surface area contributed by atoms with E-state index in [0.29, 0.717) is 10.6 Å². The van der Waals surface area contributed by atoms with Crippen LogP contribution in [0.2, 0.25) is 0 Å². The molecule has 3 rings (SSSR count). The third kappa shape index (κ3) is 2.32. The molecule has 1 heterocycles. The fourth-order valence-corrected chi connectivity index (χ4v) is 2.82. The second-order valence-electron chi connectivity index (χ2n) is 4.23. The van der Waals surface area contributed by atoms with Crippen LogP contribution in [0.25, 0.3) is 10.9 Å². The molecule has 2 N–H and O–H groups in total. The van der Waals surface area contributed by atoms with Gasteiger partial charge in [-0.1, -0.05) is 11.8 Å². The summed E-state index contributed by atoms with van der Waals surface area (Å²) in [7, 11) is 0. The SMILES string of the molecule is Nc1c(Sc2ccc(F)c(F)c2)ccc2ncccc12. The normalized spacial score (nSPS) is 10.9. The molecule has 0 saturated carbocycles. The molecule has 2 aromatic carbocycles. The Kier molecular flexibility index (Phi) is 3.28. The Morgan fingerprint density at radius 1 is 1.00 bits per heavy atom. The summed E-state index contributed by atoms with van der Waals surface area (Å²) in [6.45, 7) is 0. The Morgan fingerprint density at radius 2 is 1.85 bits per heavy atom. The predicted molar refractivity (Wildman–Crippen MR) is 76.6 cm³/mol. The lowest BCUT2D eigenvalue weighted by Crippen LogP contribution is -1.92. The molecule has 3 aromatic rings. The van der Waals surface area contributed by atoms with Crippen LogP contribution in [0.15, 0.2) is 58.5 Å². The third-order valence-electron chi connectivity index (χ3n) is 2.91. The molecule has 0 aliphatic rings. The summed E-state index contributed by atoms with van der Waals surface area (Å²) in [5, 5.41) is 0.847. The Hall–Kier alpha value is -2.14. The number of nitrogen functional groups attached to an aromatic ring is 1. The molecule has 0 amide bonds. The van der Waals surface area contributed by atoms with Gasteiger partial charge in [-0.3, -0.25) is 4.98 Å². The fraction of sp³-hybridized carbons (Fsp3) is 0. The maximum absolute atomic E-state index is 13.2. The van der Waals surface area contributed by atoms with Gasteiger partial charge in [0.1, 0.15) is 0 Å². The molecule has 0 radical (unpaired) electrons. The Balaban J connectivity index is 2.02. The maximum Gasteiger partial charge on any atom is 0.159 e. The number of pyridine rings is 1. The molecule has 1 aromatic heterocycles.